The van der Waals surface area contributed by atoms with Crippen molar-refractivity contribution in [1.29, 1.82) is 0 Å². The summed E-state index contributed by atoms with van der Waals surface area (Å²) in [5.41, 5.74) is 2.74. The third kappa shape index (κ3) is 3.24. The molecule has 2 aromatic heterocycles. The molecule has 1 aliphatic rings. The van der Waals surface area contributed by atoms with Crippen LogP contribution < -0.4 is 10.5 Å². The van der Waals surface area contributed by atoms with Crippen LogP contribution in [0.5, 0.6) is 0 Å². The molecule has 0 atom stereocenters. The Hall–Kier alpha value is -2.96. The number of para-hydroxylation sites is 1. The van der Waals surface area contributed by atoms with E-state index in [0.717, 1.165) is 28.8 Å². The van der Waals surface area contributed by atoms with Crippen molar-refractivity contribution >= 4 is 22.5 Å². The standard InChI is InChI=1S/C22H27N5O2/c1-14(2)19-16-12-23-27(22(3,4)5)20(16)21(29)26(24-19)13-18(28)25-11-10-15-8-6-7-9-17(15)25/h6-9,12,14H,10-11,13H2,1-5H3. The molecular formula is C22H27N5O2. The lowest BCUT2D eigenvalue weighted by Gasteiger charge is -2.21. The number of rotatable bonds is 3. The van der Waals surface area contributed by atoms with E-state index in [9.17, 15) is 9.59 Å². The van der Waals surface area contributed by atoms with Crippen LogP contribution in [0.3, 0.4) is 0 Å². The molecule has 1 aromatic carbocycles. The van der Waals surface area contributed by atoms with Gasteiger partial charge in [-0.05, 0) is 44.7 Å². The van der Waals surface area contributed by atoms with Crippen LogP contribution in [0.25, 0.3) is 10.9 Å². The number of hydrogen-bond donors (Lipinski definition) is 0. The Kier molecular flexibility index (Phi) is 4.56. The molecule has 3 heterocycles. The lowest BCUT2D eigenvalue weighted by molar-refractivity contribution is -0.119. The van der Waals surface area contributed by atoms with Gasteiger partial charge in [-0.2, -0.15) is 10.2 Å². The fourth-order valence-corrected chi connectivity index (χ4v) is 3.95. The van der Waals surface area contributed by atoms with Crippen molar-refractivity contribution in [3.05, 3.63) is 52.1 Å². The van der Waals surface area contributed by atoms with Crippen LogP contribution in [0.15, 0.2) is 35.3 Å². The summed E-state index contributed by atoms with van der Waals surface area (Å²) in [5.74, 6) is -0.0231. The minimum atomic E-state index is -0.355. The fraction of sp³-hybridized carbons (Fsp3) is 0.455. The molecule has 3 aromatic rings. The van der Waals surface area contributed by atoms with Gasteiger partial charge in [0.05, 0.1) is 17.4 Å². The third-order valence-electron chi connectivity index (χ3n) is 5.37. The molecule has 0 unspecified atom stereocenters. The maximum absolute atomic E-state index is 13.3. The van der Waals surface area contributed by atoms with E-state index in [1.54, 1.807) is 15.8 Å². The quantitative estimate of drug-likeness (QED) is 0.686. The lowest BCUT2D eigenvalue weighted by atomic mass is 10.1. The van der Waals surface area contributed by atoms with E-state index in [1.807, 2.05) is 58.9 Å². The van der Waals surface area contributed by atoms with Gasteiger partial charge in [0, 0.05) is 17.6 Å². The Morgan fingerprint density at radius 3 is 2.62 bits per heavy atom. The highest BCUT2D eigenvalue weighted by Crippen LogP contribution is 2.28. The summed E-state index contributed by atoms with van der Waals surface area (Å²) in [6.45, 7) is 10.6. The number of nitrogens with zero attached hydrogens (tertiary/aromatic N) is 5. The van der Waals surface area contributed by atoms with Crippen LogP contribution >= 0.6 is 0 Å². The van der Waals surface area contributed by atoms with Gasteiger partial charge in [0.25, 0.3) is 5.56 Å². The second-order valence-electron chi connectivity index (χ2n) is 8.92. The summed E-state index contributed by atoms with van der Waals surface area (Å²) in [4.78, 5) is 28.1. The summed E-state index contributed by atoms with van der Waals surface area (Å²) < 4.78 is 3.05. The van der Waals surface area contributed by atoms with Crippen molar-refractivity contribution in [2.45, 2.75) is 59.0 Å². The third-order valence-corrected chi connectivity index (χ3v) is 5.37. The number of carbonyl (C=O) groups excluding carboxylic acids is 1. The van der Waals surface area contributed by atoms with Gasteiger partial charge in [-0.3, -0.25) is 14.3 Å². The molecular weight excluding hydrogens is 366 g/mol. The van der Waals surface area contributed by atoms with Crippen LogP contribution in [0.4, 0.5) is 5.69 Å². The number of aromatic nitrogens is 4. The van der Waals surface area contributed by atoms with Gasteiger partial charge in [-0.25, -0.2) is 4.68 Å². The molecule has 4 rings (SSSR count). The number of benzene rings is 1. The highest BCUT2D eigenvalue weighted by Gasteiger charge is 2.27. The molecule has 1 aliphatic heterocycles. The molecule has 29 heavy (non-hydrogen) atoms. The molecule has 0 saturated heterocycles. The van der Waals surface area contributed by atoms with Gasteiger partial charge in [0.15, 0.2) is 0 Å². The van der Waals surface area contributed by atoms with Gasteiger partial charge in [0.1, 0.15) is 12.1 Å². The largest absolute Gasteiger partial charge is 0.310 e. The molecule has 0 bridgehead atoms. The maximum atomic E-state index is 13.3. The van der Waals surface area contributed by atoms with Gasteiger partial charge in [0.2, 0.25) is 5.91 Å². The Balaban J connectivity index is 1.79. The first-order valence-electron chi connectivity index (χ1n) is 10.1. The van der Waals surface area contributed by atoms with Crippen LogP contribution in [0.1, 0.15) is 51.8 Å². The Bertz CT molecular complexity index is 1150. The minimum Gasteiger partial charge on any atom is -0.310 e. The molecule has 152 valence electrons. The zero-order valence-corrected chi connectivity index (χ0v) is 17.6. The highest BCUT2D eigenvalue weighted by atomic mass is 16.2. The van der Waals surface area contributed by atoms with Crippen molar-refractivity contribution in [2.75, 3.05) is 11.4 Å². The predicted molar refractivity (Wildman–Crippen MR) is 113 cm³/mol. The van der Waals surface area contributed by atoms with Crippen molar-refractivity contribution < 1.29 is 4.79 Å². The highest BCUT2D eigenvalue weighted by molar-refractivity contribution is 5.95. The van der Waals surface area contributed by atoms with E-state index < -0.39 is 0 Å². The molecule has 0 N–H and O–H groups in total. The van der Waals surface area contributed by atoms with E-state index in [4.69, 9.17) is 0 Å². The van der Waals surface area contributed by atoms with Gasteiger partial charge < -0.3 is 4.90 Å². The van der Waals surface area contributed by atoms with E-state index in [-0.39, 0.29) is 29.5 Å². The molecule has 0 spiro atoms. The summed E-state index contributed by atoms with van der Waals surface area (Å²) >= 11 is 0. The predicted octanol–water partition coefficient (Wildman–Crippen LogP) is 3.06. The number of fused-ring (bicyclic) bond motifs is 2. The lowest BCUT2D eigenvalue weighted by Crippen LogP contribution is -2.38. The summed E-state index contributed by atoms with van der Waals surface area (Å²) in [7, 11) is 0. The second kappa shape index (κ2) is 6.83. The van der Waals surface area contributed by atoms with E-state index in [1.165, 1.54) is 4.68 Å². The van der Waals surface area contributed by atoms with Gasteiger partial charge >= 0.3 is 0 Å². The first-order valence-corrected chi connectivity index (χ1v) is 10.1. The first-order chi connectivity index (χ1) is 13.7. The van der Waals surface area contributed by atoms with E-state index in [0.29, 0.717) is 12.1 Å². The van der Waals surface area contributed by atoms with Crippen molar-refractivity contribution in [3.63, 3.8) is 0 Å². The van der Waals surface area contributed by atoms with Crippen LogP contribution in [0, 0.1) is 0 Å². The Morgan fingerprint density at radius 1 is 1.21 bits per heavy atom. The topological polar surface area (TPSA) is 73.0 Å². The van der Waals surface area contributed by atoms with Crippen molar-refractivity contribution in [3.8, 4) is 0 Å². The number of anilines is 1. The minimum absolute atomic E-state index is 0.0852. The number of carbonyl (C=O) groups is 1. The summed E-state index contributed by atoms with van der Waals surface area (Å²) in [5, 5.41) is 9.79. The van der Waals surface area contributed by atoms with Gasteiger partial charge in [-0.1, -0.05) is 32.0 Å². The molecule has 0 aliphatic carbocycles. The zero-order valence-electron chi connectivity index (χ0n) is 17.6. The van der Waals surface area contributed by atoms with Crippen molar-refractivity contribution in [2.24, 2.45) is 0 Å². The molecule has 0 radical (unpaired) electrons. The molecule has 0 saturated carbocycles. The van der Waals surface area contributed by atoms with E-state index in [2.05, 4.69) is 10.2 Å². The fourth-order valence-electron chi connectivity index (χ4n) is 3.95. The smallest absolute Gasteiger partial charge is 0.293 e. The van der Waals surface area contributed by atoms with Crippen LogP contribution in [-0.4, -0.2) is 32.0 Å². The molecule has 0 fully saturated rings. The SMILES string of the molecule is CC(C)c1nn(CC(=O)N2CCc3ccccc32)c(=O)c2c1cnn2C(C)(C)C. The average molecular weight is 393 g/mol. The molecule has 1 amide bonds. The summed E-state index contributed by atoms with van der Waals surface area (Å²) in [6, 6.07) is 7.90. The monoisotopic (exact) mass is 393 g/mol. The molecule has 7 nitrogen and oxygen atoms in total. The first kappa shape index (κ1) is 19.4. The Morgan fingerprint density at radius 2 is 1.93 bits per heavy atom. The second-order valence-corrected chi connectivity index (χ2v) is 8.92. The summed E-state index contributed by atoms with van der Waals surface area (Å²) in [6.07, 6.45) is 2.55. The number of hydrogen-bond acceptors (Lipinski definition) is 4. The zero-order chi connectivity index (χ0) is 20.9. The number of amides is 1. The van der Waals surface area contributed by atoms with Crippen LogP contribution in [0.2, 0.25) is 0 Å². The van der Waals surface area contributed by atoms with E-state index >= 15 is 0 Å². The van der Waals surface area contributed by atoms with Crippen LogP contribution in [-0.2, 0) is 23.3 Å². The normalized spacial score (nSPS) is 14.1. The average Bonchev–Trinajstić information content (AvgIpc) is 3.28. The van der Waals surface area contributed by atoms with Gasteiger partial charge in [-0.15, -0.1) is 0 Å². The van der Waals surface area contributed by atoms with Crippen molar-refractivity contribution in [1.82, 2.24) is 19.6 Å². The molecule has 7 heteroatoms. The Labute approximate surface area is 169 Å². The maximum Gasteiger partial charge on any atom is 0.293 e.